The first-order valence-electron chi connectivity index (χ1n) is 5.13. The van der Waals surface area contributed by atoms with Crippen molar-refractivity contribution in [1.82, 2.24) is 0 Å². The fourth-order valence-corrected chi connectivity index (χ4v) is 2.61. The lowest BCUT2D eigenvalue weighted by Gasteiger charge is -2.07. The Morgan fingerprint density at radius 2 is 2.17 bits per heavy atom. The van der Waals surface area contributed by atoms with E-state index in [4.69, 9.17) is 28.9 Å². The number of anilines is 1. The summed E-state index contributed by atoms with van der Waals surface area (Å²) in [6.07, 6.45) is 0. The average Bonchev–Trinajstić information content (AvgIpc) is 2.80. The Morgan fingerprint density at radius 3 is 2.83 bits per heavy atom. The number of nitrogens with one attached hydrogen (secondary N) is 1. The molecule has 0 unspecified atom stereocenters. The van der Waals surface area contributed by atoms with Crippen LogP contribution >= 0.6 is 34.5 Å². The number of rotatable bonds is 4. The topological polar surface area (TPSA) is 55.1 Å². The zero-order valence-electron chi connectivity index (χ0n) is 9.24. The molecule has 1 amide bonds. The van der Waals surface area contributed by atoms with E-state index in [0.717, 1.165) is 10.6 Å². The van der Waals surface area contributed by atoms with Gasteiger partial charge < -0.3 is 11.1 Å². The minimum absolute atomic E-state index is 0.418. The molecule has 0 spiro atoms. The SMILES string of the molecule is NC(=O)c1csc(CNc2cccc(Cl)c2Cl)c1. The number of thiophene rings is 1. The van der Waals surface area contributed by atoms with Gasteiger partial charge in [0, 0.05) is 16.8 Å². The molecule has 1 heterocycles. The van der Waals surface area contributed by atoms with Crippen LogP contribution in [-0.2, 0) is 6.54 Å². The maximum atomic E-state index is 11.0. The lowest BCUT2D eigenvalue weighted by atomic mass is 10.3. The average molecular weight is 301 g/mol. The zero-order chi connectivity index (χ0) is 13.1. The first-order chi connectivity index (χ1) is 8.58. The second-order valence-corrected chi connectivity index (χ2v) is 5.40. The van der Waals surface area contributed by atoms with Crippen molar-refractivity contribution in [2.24, 2.45) is 5.73 Å². The van der Waals surface area contributed by atoms with E-state index in [2.05, 4.69) is 5.32 Å². The number of halogens is 2. The lowest BCUT2D eigenvalue weighted by molar-refractivity contribution is 0.100. The quantitative estimate of drug-likeness (QED) is 0.903. The molecule has 0 atom stereocenters. The van der Waals surface area contributed by atoms with Gasteiger partial charge >= 0.3 is 0 Å². The highest BCUT2D eigenvalue weighted by atomic mass is 35.5. The number of hydrogen-bond donors (Lipinski definition) is 2. The van der Waals surface area contributed by atoms with Crippen molar-refractivity contribution in [2.75, 3.05) is 5.32 Å². The third kappa shape index (κ3) is 2.96. The Kier molecular flexibility index (Phi) is 4.11. The number of carbonyl (C=O) groups excluding carboxylic acids is 1. The van der Waals surface area contributed by atoms with E-state index in [1.165, 1.54) is 11.3 Å². The van der Waals surface area contributed by atoms with Crippen molar-refractivity contribution in [1.29, 1.82) is 0 Å². The molecule has 94 valence electrons. The summed E-state index contributed by atoms with van der Waals surface area (Å²) in [6, 6.07) is 7.15. The van der Waals surface area contributed by atoms with Gasteiger partial charge in [0.15, 0.2) is 0 Å². The molecule has 0 aliphatic rings. The van der Waals surface area contributed by atoms with Gasteiger partial charge in [0.25, 0.3) is 0 Å². The number of benzene rings is 1. The molecule has 0 bridgehead atoms. The Balaban J connectivity index is 2.07. The van der Waals surface area contributed by atoms with Crippen LogP contribution in [0.15, 0.2) is 29.6 Å². The highest BCUT2D eigenvalue weighted by Crippen LogP contribution is 2.30. The Bertz CT molecular complexity index is 583. The molecule has 3 N–H and O–H groups in total. The fraction of sp³-hybridized carbons (Fsp3) is 0.0833. The molecule has 2 aromatic rings. The van der Waals surface area contributed by atoms with Gasteiger partial charge in [-0.1, -0.05) is 29.3 Å². The second-order valence-electron chi connectivity index (χ2n) is 3.62. The summed E-state index contributed by atoms with van der Waals surface area (Å²) >= 11 is 13.4. The van der Waals surface area contributed by atoms with Crippen LogP contribution in [0.25, 0.3) is 0 Å². The lowest BCUT2D eigenvalue weighted by Crippen LogP contribution is -2.09. The van der Waals surface area contributed by atoms with Crippen molar-refractivity contribution < 1.29 is 4.79 Å². The van der Waals surface area contributed by atoms with E-state index in [-0.39, 0.29) is 0 Å². The Morgan fingerprint density at radius 1 is 1.39 bits per heavy atom. The standard InChI is InChI=1S/C12H10Cl2N2OS/c13-9-2-1-3-10(11(9)14)16-5-8-4-7(6-18-8)12(15)17/h1-4,6,16H,5H2,(H2,15,17). The van der Waals surface area contributed by atoms with Gasteiger partial charge in [0.2, 0.25) is 5.91 Å². The van der Waals surface area contributed by atoms with Crippen LogP contribution < -0.4 is 11.1 Å². The smallest absolute Gasteiger partial charge is 0.249 e. The predicted molar refractivity (Wildman–Crippen MR) is 76.6 cm³/mol. The molecular formula is C12H10Cl2N2OS. The van der Waals surface area contributed by atoms with E-state index in [1.54, 1.807) is 17.5 Å². The van der Waals surface area contributed by atoms with E-state index >= 15 is 0 Å². The van der Waals surface area contributed by atoms with Gasteiger partial charge in [-0.05, 0) is 18.2 Å². The van der Waals surface area contributed by atoms with Crippen molar-refractivity contribution in [3.05, 3.63) is 50.1 Å². The maximum absolute atomic E-state index is 11.0. The highest BCUT2D eigenvalue weighted by molar-refractivity contribution is 7.10. The molecule has 3 nitrogen and oxygen atoms in total. The normalized spacial score (nSPS) is 10.3. The van der Waals surface area contributed by atoms with E-state index in [1.807, 2.05) is 12.1 Å². The van der Waals surface area contributed by atoms with Crippen LogP contribution in [0.4, 0.5) is 5.69 Å². The van der Waals surface area contributed by atoms with Crippen molar-refractivity contribution in [2.45, 2.75) is 6.54 Å². The number of carbonyl (C=O) groups is 1. The van der Waals surface area contributed by atoms with Gasteiger partial charge in [-0.2, -0.15) is 0 Å². The summed E-state index contributed by atoms with van der Waals surface area (Å²) in [6.45, 7) is 0.567. The number of hydrogen-bond acceptors (Lipinski definition) is 3. The molecule has 0 aliphatic heterocycles. The van der Waals surface area contributed by atoms with Crippen LogP contribution in [0.3, 0.4) is 0 Å². The fourth-order valence-electron chi connectivity index (χ4n) is 1.43. The Hall–Kier alpha value is -1.23. The van der Waals surface area contributed by atoms with Gasteiger partial charge in [-0.15, -0.1) is 11.3 Å². The maximum Gasteiger partial charge on any atom is 0.249 e. The van der Waals surface area contributed by atoms with Crippen LogP contribution in [0.5, 0.6) is 0 Å². The first-order valence-corrected chi connectivity index (χ1v) is 6.76. The van der Waals surface area contributed by atoms with E-state index < -0.39 is 5.91 Å². The van der Waals surface area contributed by atoms with Crippen molar-refractivity contribution >= 4 is 46.1 Å². The summed E-state index contributed by atoms with van der Waals surface area (Å²) < 4.78 is 0. The molecular weight excluding hydrogens is 291 g/mol. The summed E-state index contributed by atoms with van der Waals surface area (Å²) in [7, 11) is 0. The van der Waals surface area contributed by atoms with Gasteiger partial charge in [-0.3, -0.25) is 4.79 Å². The minimum Gasteiger partial charge on any atom is -0.379 e. The van der Waals surface area contributed by atoms with Gasteiger partial charge in [0.05, 0.1) is 21.3 Å². The van der Waals surface area contributed by atoms with Gasteiger partial charge in [-0.25, -0.2) is 0 Å². The summed E-state index contributed by atoms with van der Waals surface area (Å²) in [5.41, 5.74) is 6.47. The largest absolute Gasteiger partial charge is 0.379 e. The second kappa shape index (κ2) is 5.61. The third-order valence-electron chi connectivity index (χ3n) is 2.34. The first kappa shape index (κ1) is 13.2. The van der Waals surface area contributed by atoms with Crippen LogP contribution in [0, 0.1) is 0 Å². The zero-order valence-corrected chi connectivity index (χ0v) is 11.6. The molecule has 0 radical (unpaired) electrons. The predicted octanol–water partition coefficient (Wildman–Crippen LogP) is 3.77. The third-order valence-corrected chi connectivity index (χ3v) is 4.10. The molecule has 18 heavy (non-hydrogen) atoms. The number of primary amides is 1. The molecule has 6 heteroatoms. The van der Waals surface area contributed by atoms with Crippen molar-refractivity contribution in [3.63, 3.8) is 0 Å². The molecule has 0 saturated heterocycles. The number of nitrogens with two attached hydrogens (primary N) is 1. The van der Waals surface area contributed by atoms with Crippen molar-refractivity contribution in [3.8, 4) is 0 Å². The summed E-state index contributed by atoms with van der Waals surface area (Å²) in [5.74, 6) is -0.418. The monoisotopic (exact) mass is 300 g/mol. The molecule has 0 aliphatic carbocycles. The van der Waals surface area contributed by atoms with Crippen LogP contribution in [0.2, 0.25) is 10.0 Å². The van der Waals surface area contributed by atoms with Crippen LogP contribution in [-0.4, -0.2) is 5.91 Å². The summed E-state index contributed by atoms with van der Waals surface area (Å²) in [5, 5.41) is 5.90. The number of amides is 1. The highest BCUT2D eigenvalue weighted by Gasteiger charge is 2.06. The molecule has 1 aromatic carbocycles. The molecule has 1 aromatic heterocycles. The molecule has 0 saturated carbocycles. The summed E-state index contributed by atoms with van der Waals surface area (Å²) in [4.78, 5) is 12.0. The van der Waals surface area contributed by atoms with E-state index in [9.17, 15) is 4.79 Å². The molecule has 0 fully saturated rings. The minimum atomic E-state index is -0.418. The van der Waals surface area contributed by atoms with Gasteiger partial charge in [0.1, 0.15) is 0 Å². The van der Waals surface area contributed by atoms with E-state index in [0.29, 0.717) is 22.2 Å². The molecule has 2 rings (SSSR count). The van der Waals surface area contributed by atoms with Crippen LogP contribution in [0.1, 0.15) is 15.2 Å². The Labute approximate surface area is 119 Å².